The molecule has 0 atom stereocenters. The molecule has 0 unspecified atom stereocenters. The second-order valence-electron chi connectivity index (χ2n) is 4.39. The SMILES string of the molecule is C=CCOc1ccccc1CNCCOCC(=C)C. The first-order chi connectivity index (χ1) is 9.24. The van der Waals surface area contributed by atoms with E-state index in [9.17, 15) is 0 Å². The summed E-state index contributed by atoms with van der Waals surface area (Å²) in [5.74, 6) is 0.901. The van der Waals surface area contributed by atoms with Crippen LogP contribution in [-0.4, -0.2) is 26.4 Å². The molecule has 3 heteroatoms. The minimum Gasteiger partial charge on any atom is -0.489 e. The number of para-hydroxylation sites is 1. The van der Waals surface area contributed by atoms with Crippen molar-refractivity contribution in [1.82, 2.24) is 5.32 Å². The highest BCUT2D eigenvalue weighted by atomic mass is 16.5. The average molecular weight is 261 g/mol. The Morgan fingerprint density at radius 3 is 2.89 bits per heavy atom. The molecule has 0 aliphatic heterocycles. The number of hydrogen-bond donors (Lipinski definition) is 1. The first kappa shape index (κ1) is 15.5. The molecule has 3 nitrogen and oxygen atoms in total. The first-order valence-corrected chi connectivity index (χ1v) is 6.48. The molecular weight excluding hydrogens is 238 g/mol. The van der Waals surface area contributed by atoms with Gasteiger partial charge in [-0.2, -0.15) is 0 Å². The maximum atomic E-state index is 5.60. The molecule has 0 saturated heterocycles. The van der Waals surface area contributed by atoms with Gasteiger partial charge in [0.25, 0.3) is 0 Å². The van der Waals surface area contributed by atoms with Crippen LogP contribution in [0.1, 0.15) is 12.5 Å². The van der Waals surface area contributed by atoms with E-state index in [2.05, 4.69) is 24.5 Å². The fraction of sp³-hybridized carbons (Fsp3) is 0.375. The molecule has 1 rings (SSSR count). The number of benzene rings is 1. The summed E-state index contributed by atoms with van der Waals surface area (Å²) < 4.78 is 11.0. The fourth-order valence-corrected chi connectivity index (χ4v) is 1.55. The van der Waals surface area contributed by atoms with Gasteiger partial charge < -0.3 is 14.8 Å². The molecule has 0 heterocycles. The normalized spacial score (nSPS) is 10.2. The molecule has 0 spiro atoms. The lowest BCUT2D eigenvalue weighted by molar-refractivity contribution is 0.157. The van der Waals surface area contributed by atoms with E-state index in [4.69, 9.17) is 9.47 Å². The van der Waals surface area contributed by atoms with Gasteiger partial charge in [0.05, 0.1) is 13.2 Å². The van der Waals surface area contributed by atoms with Gasteiger partial charge in [0.2, 0.25) is 0 Å². The Bertz CT molecular complexity index is 401. The Hall–Kier alpha value is -1.58. The molecule has 0 amide bonds. The topological polar surface area (TPSA) is 30.5 Å². The Kier molecular flexibility index (Phi) is 7.63. The van der Waals surface area contributed by atoms with E-state index in [1.807, 2.05) is 25.1 Å². The fourth-order valence-electron chi connectivity index (χ4n) is 1.55. The predicted molar refractivity (Wildman–Crippen MR) is 79.5 cm³/mol. The predicted octanol–water partition coefficient (Wildman–Crippen LogP) is 2.93. The lowest BCUT2D eigenvalue weighted by Gasteiger charge is -2.11. The van der Waals surface area contributed by atoms with Crippen LogP contribution >= 0.6 is 0 Å². The standard InChI is InChI=1S/C16H23NO2/c1-4-10-19-16-8-6-5-7-15(16)12-17-9-11-18-13-14(2)3/h4-8,17H,1-2,9-13H2,3H3. The molecular formula is C16H23NO2. The minimum absolute atomic E-state index is 0.527. The van der Waals surface area contributed by atoms with Gasteiger partial charge in [-0.3, -0.25) is 0 Å². The maximum Gasteiger partial charge on any atom is 0.124 e. The molecule has 0 radical (unpaired) electrons. The summed E-state index contributed by atoms with van der Waals surface area (Å²) in [4.78, 5) is 0. The van der Waals surface area contributed by atoms with Crippen molar-refractivity contribution >= 4 is 0 Å². The maximum absolute atomic E-state index is 5.60. The smallest absolute Gasteiger partial charge is 0.124 e. The summed E-state index contributed by atoms with van der Waals surface area (Å²) in [6.07, 6.45) is 1.75. The summed E-state index contributed by atoms with van der Waals surface area (Å²) >= 11 is 0. The van der Waals surface area contributed by atoms with Gasteiger partial charge in [0.15, 0.2) is 0 Å². The summed E-state index contributed by atoms with van der Waals surface area (Å²) in [6, 6.07) is 8.01. The zero-order valence-electron chi connectivity index (χ0n) is 11.7. The van der Waals surface area contributed by atoms with Crippen LogP contribution in [-0.2, 0) is 11.3 Å². The summed E-state index contributed by atoms with van der Waals surface area (Å²) in [7, 11) is 0. The van der Waals surface area contributed by atoms with E-state index in [-0.39, 0.29) is 0 Å². The van der Waals surface area contributed by atoms with Crippen molar-refractivity contribution in [2.75, 3.05) is 26.4 Å². The Balaban J connectivity index is 2.28. The first-order valence-electron chi connectivity index (χ1n) is 6.48. The van der Waals surface area contributed by atoms with Crippen LogP contribution in [0.5, 0.6) is 5.75 Å². The van der Waals surface area contributed by atoms with E-state index < -0.39 is 0 Å². The molecule has 19 heavy (non-hydrogen) atoms. The minimum atomic E-state index is 0.527. The number of rotatable bonds is 10. The summed E-state index contributed by atoms with van der Waals surface area (Å²) in [5.41, 5.74) is 2.19. The Morgan fingerprint density at radius 2 is 2.16 bits per heavy atom. The van der Waals surface area contributed by atoms with Gasteiger partial charge >= 0.3 is 0 Å². The van der Waals surface area contributed by atoms with Crippen molar-refractivity contribution in [3.63, 3.8) is 0 Å². The summed E-state index contributed by atoms with van der Waals surface area (Å²) in [5, 5.41) is 3.33. The van der Waals surface area contributed by atoms with E-state index in [1.54, 1.807) is 6.08 Å². The van der Waals surface area contributed by atoms with Crippen LogP contribution in [0.15, 0.2) is 49.1 Å². The second-order valence-corrected chi connectivity index (χ2v) is 4.39. The zero-order chi connectivity index (χ0) is 13.9. The molecule has 1 aromatic rings. The van der Waals surface area contributed by atoms with E-state index in [0.29, 0.717) is 19.8 Å². The van der Waals surface area contributed by atoms with Crippen LogP contribution in [0.3, 0.4) is 0 Å². The van der Waals surface area contributed by atoms with E-state index >= 15 is 0 Å². The van der Waals surface area contributed by atoms with Crippen molar-refractivity contribution in [2.24, 2.45) is 0 Å². The van der Waals surface area contributed by atoms with E-state index in [0.717, 1.165) is 30.0 Å². The number of hydrogen-bond acceptors (Lipinski definition) is 3. The van der Waals surface area contributed by atoms with Crippen LogP contribution < -0.4 is 10.1 Å². The monoisotopic (exact) mass is 261 g/mol. The quantitative estimate of drug-likeness (QED) is 0.519. The lowest BCUT2D eigenvalue weighted by atomic mass is 10.2. The van der Waals surface area contributed by atoms with E-state index in [1.165, 1.54) is 0 Å². The molecule has 0 fully saturated rings. The Labute approximate surface area is 115 Å². The largest absolute Gasteiger partial charge is 0.489 e. The van der Waals surface area contributed by atoms with Crippen molar-refractivity contribution in [3.8, 4) is 5.75 Å². The molecule has 1 aromatic carbocycles. The van der Waals surface area contributed by atoms with Gasteiger partial charge in [0.1, 0.15) is 12.4 Å². The molecule has 0 aliphatic rings. The third-order valence-electron chi connectivity index (χ3n) is 2.42. The molecule has 0 bridgehead atoms. The van der Waals surface area contributed by atoms with Crippen LogP contribution in [0, 0.1) is 0 Å². The van der Waals surface area contributed by atoms with Crippen LogP contribution in [0.4, 0.5) is 0 Å². The number of ether oxygens (including phenoxy) is 2. The molecule has 1 N–H and O–H groups in total. The van der Waals surface area contributed by atoms with Crippen LogP contribution in [0.2, 0.25) is 0 Å². The van der Waals surface area contributed by atoms with Crippen molar-refractivity contribution in [1.29, 1.82) is 0 Å². The lowest BCUT2D eigenvalue weighted by Crippen LogP contribution is -2.20. The second kappa shape index (κ2) is 9.36. The zero-order valence-corrected chi connectivity index (χ0v) is 11.7. The number of nitrogens with one attached hydrogen (secondary N) is 1. The van der Waals surface area contributed by atoms with Crippen molar-refractivity contribution < 1.29 is 9.47 Å². The van der Waals surface area contributed by atoms with Gasteiger partial charge in [0, 0.05) is 18.7 Å². The van der Waals surface area contributed by atoms with Crippen molar-refractivity contribution in [2.45, 2.75) is 13.5 Å². The molecule has 0 aliphatic carbocycles. The highest BCUT2D eigenvalue weighted by molar-refractivity contribution is 5.33. The summed E-state index contributed by atoms with van der Waals surface area (Å²) in [6.45, 7) is 12.8. The van der Waals surface area contributed by atoms with Gasteiger partial charge in [-0.05, 0) is 13.0 Å². The third kappa shape index (κ3) is 6.79. The molecule has 0 saturated carbocycles. The molecule has 104 valence electrons. The average Bonchev–Trinajstić information content (AvgIpc) is 2.41. The highest BCUT2D eigenvalue weighted by Crippen LogP contribution is 2.17. The molecule has 0 aromatic heterocycles. The van der Waals surface area contributed by atoms with Crippen LogP contribution in [0.25, 0.3) is 0 Å². The van der Waals surface area contributed by atoms with Crippen molar-refractivity contribution in [3.05, 3.63) is 54.6 Å². The van der Waals surface area contributed by atoms with Gasteiger partial charge in [-0.1, -0.05) is 43.0 Å². The third-order valence-corrected chi connectivity index (χ3v) is 2.42. The van der Waals surface area contributed by atoms with Gasteiger partial charge in [-0.15, -0.1) is 0 Å². The highest BCUT2D eigenvalue weighted by Gasteiger charge is 2.01. The van der Waals surface area contributed by atoms with Gasteiger partial charge in [-0.25, -0.2) is 0 Å². The Morgan fingerprint density at radius 1 is 1.37 bits per heavy atom.